The van der Waals surface area contributed by atoms with Gasteiger partial charge < -0.3 is 14.4 Å². The Morgan fingerprint density at radius 3 is 2.78 bits per heavy atom. The minimum Gasteiger partial charge on any atom is -0.487 e. The summed E-state index contributed by atoms with van der Waals surface area (Å²) in [4.78, 5) is 12.7. The van der Waals surface area contributed by atoms with Crippen LogP contribution in [0.15, 0.2) is 18.2 Å². The normalized spacial score (nSPS) is 15.5. The zero-order valence-electron chi connectivity index (χ0n) is 10.3. The Labute approximate surface area is 105 Å². The second-order valence-electron chi connectivity index (χ2n) is 3.94. The van der Waals surface area contributed by atoms with Crippen LogP contribution in [-0.4, -0.2) is 37.8 Å². The molecule has 0 radical (unpaired) electrons. The minimum atomic E-state index is -0.408. The fraction of sp³-hybridized carbons (Fsp3) is 0.500. The van der Waals surface area contributed by atoms with Crippen LogP contribution in [-0.2, 0) is 4.74 Å². The van der Waals surface area contributed by atoms with E-state index in [1.807, 2.05) is 6.07 Å². The molecule has 1 heterocycles. The maximum atomic E-state index is 11.0. The topological polar surface area (TPSA) is 64.8 Å². The lowest BCUT2D eigenvalue weighted by Crippen LogP contribution is -2.36. The molecule has 0 amide bonds. The van der Waals surface area contributed by atoms with Crippen LogP contribution < -0.4 is 9.64 Å². The van der Waals surface area contributed by atoms with Crippen molar-refractivity contribution in [3.05, 3.63) is 28.3 Å². The molecule has 1 aromatic carbocycles. The average molecular weight is 252 g/mol. The molecule has 0 unspecified atom stereocenters. The van der Waals surface area contributed by atoms with Crippen molar-refractivity contribution >= 4 is 11.4 Å². The summed E-state index contributed by atoms with van der Waals surface area (Å²) < 4.78 is 10.5. The average Bonchev–Trinajstić information content (AvgIpc) is 2.40. The number of benzene rings is 1. The Bertz CT molecular complexity index is 430. The highest BCUT2D eigenvalue weighted by atomic mass is 16.6. The summed E-state index contributed by atoms with van der Waals surface area (Å²) in [6.07, 6.45) is 0. The Kier molecular flexibility index (Phi) is 3.99. The van der Waals surface area contributed by atoms with Crippen molar-refractivity contribution in [3.8, 4) is 5.75 Å². The quantitative estimate of drug-likeness (QED) is 0.604. The van der Waals surface area contributed by atoms with Crippen molar-refractivity contribution < 1.29 is 14.4 Å². The van der Waals surface area contributed by atoms with E-state index in [0.29, 0.717) is 25.6 Å². The highest BCUT2D eigenvalue weighted by Crippen LogP contribution is 2.31. The molecule has 1 aliphatic heterocycles. The van der Waals surface area contributed by atoms with Gasteiger partial charge in [-0.25, -0.2) is 0 Å². The Morgan fingerprint density at radius 1 is 1.44 bits per heavy atom. The van der Waals surface area contributed by atoms with Gasteiger partial charge in [-0.05, 0) is 19.1 Å². The third kappa shape index (κ3) is 2.70. The molecule has 1 aromatic rings. The molecule has 0 aliphatic carbocycles. The van der Waals surface area contributed by atoms with Crippen molar-refractivity contribution in [3.63, 3.8) is 0 Å². The lowest BCUT2D eigenvalue weighted by molar-refractivity contribution is -0.385. The predicted octanol–water partition coefficient (Wildman–Crippen LogP) is 1.83. The molecular formula is C12H16N2O4. The Balaban J connectivity index is 2.27. The van der Waals surface area contributed by atoms with Crippen molar-refractivity contribution in [2.75, 3.05) is 37.8 Å². The first kappa shape index (κ1) is 12.6. The molecule has 0 N–H and O–H groups in total. The second kappa shape index (κ2) is 5.68. The fourth-order valence-corrected chi connectivity index (χ4v) is 1.94. The van der Waals surface area contributed by atoms with Crippen molar-refractivity contribution in [1.29, 1.82) is 0 Å². The molecule has 1 saturated heterocycles. The summed E-state index contributed by atoms with van der Waals surface area (Å²) in [5, 5.41) is 11.0. The van der Waals surface area contributed by atoms with Gasteiger partial charge >= 0.3 is 5.69 Å². The molecule has 1 aliphatic rings. The molecule has 18 heavy (non-hydrogen) atoms. The zero-order chi connectivity index (χ0) is 13.0. The minimum absolute atomic E-state index is 0.0147. The number of hydrogen-bond acceptors (Lipinski definition) is 5. The van der Waals surface area contributed by atoms with E-state index in [2.05, 4.69) is 4.90 Å². The first-order valence-corrected chi connectivity index (χ1v) is 5.96. The summed E-state index contributed by atoms with van der Waals surface area (Å²) >= 11 is 0. The lowest BCUT2D eigenvalue weighted by Gasteiger charge is -2.28. The number of nitro benzene ring substituents is 1. The van der Waals surface area contributed by atoms with Gasteiger partial charge in [0.1, 0.15) is 0 Å². The number of nitrogens with zero attached hydrogens (tertiary/aromatic N) is 2. The van der Waals surface area contributed by atoms with Gasteiger partial charge in [0.05, 0.1) is 24.7 Å². The SMILES string of the molecule is CCOc1ccc(N2CCOCC2)cc1[N+](=O)[O-]. The maximum absolute atomic E-state index is 11.0. The molecule has 0 bridgehead atoms. The number of ether oxygens (including phenoxy) is 2. The molecule has 1 fully saturated rings. The van der Waals surface area contributed by atoms with Gasteiger partial charge in [0.2, 0.25) is 0 Å². The number of rotatable bonds is 4. The van der Waals surface area contributed by atoms with Gasteiger partial charge in [-0.3, -0.25) is 10.1 Å². The van der Waals surface area contributed by atoms with Crippen LogP contribution in [0.4, 0.5) is 11.4 Å². The molecule has 0 atom stereocenters. The number of nitro groups is 1. The molecular weight excluding hydrogens is 236 g/mol. The summed E-state index contributed by atoms with van der Waals surface area (Å²) in [5.74, 6) is 0.319. The highest BCUT2D eigenvalue weighted by Gasteiger charge is 2.19. The van der Waals surface area contributed by atoms with E-state index in [-0.39, 0.29) is 5.69 Å². The van der Waals surface area contributed by atoms with Crippen LogP contribution in [0.25, 0.3) is 0 Å². The molecule has 0 spiro atoms. The van der Waals surface area contributed by atoms with Crippen LogP contribution in [0.2, 0.25) is 0 Å². The van der Waals surface area contributed by atoms with Gasteiger partial charge in [-0.2, -0.15) is 0 Å². The summed E-state index contributed by atoms with van der Waals surface area (Å²) in [6, 6.07) is 5.08. The van der Waals surface area contributed by atoms with Crippen molar-refractivity contribution in [2.24, 2.45) is 0 Å². The van der Waals surface area contributed by atoms with Crippen molar-refractivity contribution in [2.45, 2.75) is 6.92 Å². The van der Waals surface area contributed by atoms with Crippen LogP contribution in [0.1, 0.15) is 6.92 Å². The van der Waals surface area contributed by atoms with Crippen molar-refractivity contribution in [1.82, 2.24) is 0 Å². The summed E-state index contributed by atoms with van der Waals surface area (Å²) in [5.41, 5.74) is 0.856. The van der Waals surface area contributed by atoms with Gasteiger partial charge in [0.15, 0.2) is 5.75 Å². The molecule has 6 heteroatoms. The van der Waals surface area contributed by atoms with Crippen LogP contribution in [0.3, 0.4) is 0 Å². The second-order valence-corrected chi connectivity index (χ2v) is 3.94. The number of hydrogen-bond donors (Lipinski definition) is 0. The number of morpholine rings is 1. The fourth-order valence-electron chi connectivity index (χ4n) is 1.94. The lowest BCUT2D eigenvalue weighted by atomic mass is 10.2. The molecule has 0 aromatic heterocycles. The van der Waals surface area contributed by atoms with E-state index < -0.39 is 4.92 Å². The summed E-state index contributed by atoms with van der Waals surface area (Å²) in [6.45, 7) is 5.04. The standard InChI is InChI=1S/C12H16N2O4/c1-2-18-12-4-3-10(9-11(12)14(15)16)13-5-7-17-8-6-13/h3-4,9H,2,5-8H2,1H3. The number of anilines is 1. The first-order chi connectivity index (χ1) is 8.72. The monoisotopic (exact) mass is 252 g/mol. The van der Waals surface area contributed by atoms with Crippen LogP contribution in [0, 0.1) is 10.1 Å². The largest absolute Gasteiger partial charge is 0.487 e. The Morgan fingerprint density at radius 2 is 2.17 bits per heavy atom. The van der Waals surface area contributed by atoms with E-state index in [0.717, 1.165) is 18.8 Å². The molecule has 2 rings (SSSR count). The molecule has 98 valence electrons. The predicted molar refractivity (Wildman–Crippen MR) is 67.3 cm³/mol. The Hall–Kier alpha value is -1.82. The van der Waals surface area contributed by atoms with E-state index in [9.17, 15) is 10.1 Å². The maximum Gasteiger partial charge on any atom is 0.312 e. The van der Waals surface area contributed by atoms with E-state index in [4.69, 9.17) is 9.47 Å². The van der Waals surface area contributed by atoms with Gasteiger partial charge in [-0.15, -0.1) is 0 Å². The van der Waals surface area contributed by atoms with Crippen LogP contribution >= 0.6 is 0 Å². The first-order valence-electron chi connectivity index (χ1n) is 5.96. The zero-order valence-corrected chi connectivity index (χ0v) is 10.3. The third-order valence-electron chi connectivity index (χ3n) is 2.82. The molecule has 0 saturated carbocycles. The van der Waals surface area contributed by atoms with Gasteiger partial charge in [0, 0.05) is 24.8 Å². The van der Waals surface area contributed by atoms with Crippen LogP contribution in [0.5, 0.6) is 5.75 Å². The van der Waals surface area contributed by atoms with Gasteiger partial charge in [0.25, 0.3) is 0 Å². The molecule has 6 nitrogen and oxygen atoms in total. The van der Waals surface area contributed by atoms with E-state index >= 15 is 0 Å². The van der Waals surface area contributed by atoms with Gasteiger partial charge in [-0.1, -0.05) is 0 Å². The summed E-state index contributed by atoms with van der Waals surface area (Å²) in [7, 11) is 0. The highest BCUT2D eigenvalue weighted by molar-refractivity contribution is 5.60. The van der Waals surface area contributed by atoms with E-state index in [1.54, 1.807) is 19.1 Å². The third-order valence-corrected chi connectivity index (χ3v) is 2.82. The smallest absolute Gasteiger partial charge is 0.312 e. The van der Waals surface area contributed by atoms with E-state index in [1.165, 1.54) is 0 Å².